The molecule has 0 radical (unpaired) electrons. The fraction of sp³-hybridized carbons (Fsp3) is 0.435. The molecule has 1 amide bonds. The molecule has 178 valence electrons. The van der Waals surface area contributed by atoms with E-state index in [1.54, 1.807) is 18.2 Å². The summed E-state index contributed by atoms with van der Waals surface area (Å²) in [6, 6.07) is 8.32. The molecule has 0 aliphatic heterocycles. The zero-order valence-corrected chi connectivity index (χ0v) is 18.4. The van der Waals surface area contributed by atoms with E-state index < -0.39 is 36.7 Å². The first-order chi connectivity index (χ1) is 15.6. The number of benzene rings is 1. The van der Waals surface area contributed by atoms with Gasteiger partial charge in [-0.05, 0) is 56.4 Å². The third kappa shape index (κ3) is 6.63. The second-order valence-electron chi connectivity index (χ2n) is 7.52. The molecule has 0 aliphatic carbocycles. The Balaban J connectivity index is 2.67. The summed E-state index contributed by atoms with van der Waals surface area (Å²) in [5.74, 6) is -1.06. The van der Waals surface area contributed by atoms with Crippen LogP contribution in [0.4, 0.5) is 33.5 Å². The van der Waals surface area contributed by atoms with Crippen LogP contribution in [0.5, 0.6) is 0 Å². The summed E-state index contributed by atoms with van der Waals surface area (Å²) in [5.41, 5.74) is -1.30. The van der Waals surface area contributed by atoms with Crippen LogP contribution in [0.3, 0.4) is 0 Å². The summed E-state index contributed by atoms with van der Waals surface area (Å²) < 4.78 is 66.6. The van der Waals surface area contributed by atoms with Gasteiger partial charge in [-0.1, -0.05) is 12.1 Å². The average molecular weight is 468 g/mol. The lowest BCUT2D eigenvalue weighted by atomic mass is 10.00. The van der Waals surface area contributed by atoms with E-state index in [2.05, 4.69) is 10.3 Å². The van der Waals surface area contributed by atoms with Gasteiger partial charge in [-0.2, -0.15) is 18.4 Å². The highest BCUT2D eigenvalue weighted by Gasteiger charge is 2.39. The number of rotatable bonds is 10. The number of anilines is 2. The maximum Gasteiger partial charge on any atom is 0.434 e. The molecule has 33 heavy (non-hydrogen) atoms. The van der Waals surface area contributed by atoms with E-state index in [0.717, 1.165) is 5.56 Å². The van der Waals surface area contributed by atoms with Crippen LogP contribution in [-0.4, -0.2) is 37.3 Å². The normalized spacial score (nSPS) is 11.2. The minimum atomic E-state index is -4.94. The predicted molar refractivity (Wildman–Crippen MR) is 116 cm³/mol. The van der Waals surface area contributed by atoms with Crippen molar-refractivity contribution in [3.8, 4) is 6.07 Å². The van der Waals surface area contributed by atoms with Gasteiger partial charge in [-0.15, -0.1) is 0 Å². The molecule has 0 spiro atoms. The lowest BCUT2D eigenvalue weighted by molar-refractivity contribution is -0.141. The summed E-state index contributed by atoms with van der Waals surface area (Å²) in [6.45, 7) is 1.76. The Kier molecular flexibility index (Phi) is 9.14. The molecule has 1 aromatic heterocycles. The predicted octanol–water partition coefficient (Wildman–Crippen LogP) is 5.76. The quantitative estimate of drug-likeness (QED) is 0.356. The highest BCUT2D eigenvalue weighted by Crippen LogP contribution is 2.36. The third-order valence-electron chi connectivity index (χ3n) is 4.98. The number of halogens is 5. The van der Waals surface area contributed by atoms with Gasteiger partial charge >= 0.3 is 6.18 Å². The van der Waals surface area contributed by atoms with Crippen molar-refractivity contribution in [2.45, 2.75) is 39.3 Å². The van der Waals surface area contributed by atoms with Crippen LogP contribution in [0.2, 0.25) is 0 Å². The van der Waals surface area contributed by atoms with E-state index in [0.29, 0.717) is 5.69 Å². The maximum absolute atomic E-state index is 13.7. The second kappa shape index (κ2) is 11.6. The van der Waals surface area contributed by atoms with Crippen molar-refractivity contribution in [1.82, 2.24) is 4.98 Å². The van der Waals surface area contributed by atoms with Crippen molar-refractivity contribution in [2.75, 3.05) is 36.7 Å². The Labute approximate surface area is 189 Å². The van der Waals surface area contributed by atoms with Crippen LogP contribution in [-0.2, 0) is 6.18 Å². The molecular weight excluding hydrogens is 443 g/mol. The lowest BCUT2D eigenvalue weighted by Crippen LogP contribution is -2.32. The number of nitriles is 1. The molecule has 0 unspecified atom stereocenters. The molecule has 2 aromatic rings. The molecular formula is C23H25F5N4O. The summed E-state index contributed by atoms with van der Waals surface area (Å²) in [4.78, 5) is 18.2. The number of nitrogens with one attached hydrogen (secondary N) is 1. The number of carbonyl (C=O) groups excluding carboxylic acids is 1. The number of alkyl halides is 5. The van der Waals surface area contributed by atoms with Crippen molar-refractivity contribution in [3.05, 3.63) is 52.2 Å². The van der Waals surface area contributed by atoms with Crippen LogP contribution in [0, 0.1) is 25.2 Å². The minimum absolute atomic E-state index is 0.0172. The van der Waals surface area contributed by atoms with Crippen molar-refractivity contribution >= 4 is 17.4 Å². The Morgan fingerprint density at radius 2 is 1.79 bits per heavy atom. The number of hydrogen-bond donors (Lipinski definition) is 1. The van der Waals surface area contributed by atoms with E-state index in [1.165, 1.54) is 17.9 Å². The summed E-state index contributed by atoms with van der Waals surface area (Å²) in [6.07, 6.45) is -4.54. The molecule has 0 saturated carbocycles. The number of pyridine rings is 1. The number of aromatic nitrogens is 1. The molecule has 0 bridgehead atoms. The lowest BCUT2D eigenvalue weighted by Gasteiger charge is -2.28. The number of amides is 1. The van der Waals surface area contributed by atoms with Crippen LogP contribution in [0.25, 0.3) is 0 Å². The molecule has 1 aromatic carbocycles. The van der Waals surface area contributed by atoms with Crippen LogP contribution in [0.15, 0.2) is 24.3 Å². The standard InChI is InChI=1S/C23H25F5N4O/c1-15-7-5-8-17(13-15)30-22(33)19-16(2)18(14-29)20(23(26,27)28)31-21(19)32(12-6-10-25)11-4-3-9-24/h5,7-8,13H,3-4,6,9-12H2,1-2H3,(H,30,33). The number of carbonyl (C=O) groups is 1. The summed E-state index contributed by atoms with van der Waals surface area (Å²) >= 11 is 0. The fourth-order valence-electron chi connectivity index (χ4n) is 3.42. The molecule has 0 atom stereocenters. The summed E-state index contributed by atoms with van der Waals surface area (Å²) in [7, 11) is 0. The van der Waals surface area contributed by atoms with Gasteiger partial charge in [0.25, 0.3) is 5.91 Å². The maximum atomic E-state index is 13.7. The Morgan fingerprint density at radius 3 is 2.36 bits per heavy atom. The van der Waals surface area contributed by atoms with Crippen LogP contribution >= 0.6 is 0 Å². The molecule has 1 heterocycles. The third-order valence-corrected chi connectivity index (χ3v) is 4.98. The Hall–Kier alpha value is -3.22. The first-order valence-electron chi connectivity index (χ1n) is 10.4. The zero-order chi connectivity index (χ0) is 24.6. The smallest absolute Gasteiger partial charge is 0.356 e. The molecule has 1 N–H and O–H groups in total. The topological polar surface area (TPSA) is 69.0 Å². The molecule has 5 nitrogen and oxygen atoms in total. The average Bonchev–Trinajstić information content (AvgIpc) is 2.74. The molecule has 0 aliphatic rings. The monoisotopic (exact) mass is 468 g/mol. The largest absolute Gasteiger partial charge is 0.434 e. The van der Waals surface area contributed by atoms with Gasteiger partial charge in [0.1, 0.15) is 11.9 Å². The molecule has 10 heteroatoms. The van der Waals surface area contributed by atoms with E-state index in [-0.39, 0.29) is 49.3 Å². The van der Waals surface area contributed by atoms with Crippen molar-refractivity contribution < 1.29 is 26.7 Å². The Bertz CT molecular complexity index is 1020. The van der Waals surface area contributed by atoms with Gasteiger partial charge in [0, 0.05) is 18.8 Å². The highest BCUT2D eigenvalue weighted by atomic mass is 19.4. The molecule has 0 fully saturated rings. The first kappa shape index (κ1) is 26.0. The van der Waals surface area contributed by atoms with Crippen LogP contribution in [0.1, 0.15) is 52.0 Å². The number of hydrogen-bond acceptors (Lipinski definition) is 4. The number of unbranched alkanes of at least 4 members (excludes halogenated alkanes) is 1. The van der Waals surface area contributed by atoms with Gasteiger partial charge in [-0.3, -0.25) is 13.6 Å². The van der Waals surface area contributed by atoms with Gasteiger partial charge < -0.3 is 10.2 Å². The fourth-order valence-corrected chi connectivity index (χ4v) is 3.42. The molecule has 2 rings (SSSR count). The van der Waals surface area contributed by atoms with E-state index in [4.69, 9.17) is 0 Å². The highest BCUT2D eigenvalue weighted by molar-refractivity contribution is 6.09. The van der Waals surface area contributed by atoms with Crippen molar-refractivity contribution in [1.29, 1.82) is 5.26 Å². The van der Waals surface area contributed by atoms with E-state index in [1.807, 2.05) is 13.0 Å². The minimum Gasteiger partial charge on any atom is -0.356 e. The number of nitrogens with zero attached hydrogens (tertiary/aromatic N) is 3. The summed E-state index contributed by atoms with van der Waals surface area (Å²) in [5, 5.41) is 12.1. The first-order valence-corrected chi connectivity index (χ1v) is 10.4. The van der Waals surface area contributed by atoms with E-state index >= 15 is 0 Å². The van der Waals surface area contributed by atoms with Crippen molar-refractivity contribution in [3.63, 3.8) is 0 Å². The molecule has 0 saturated heterocycles. The number of aryl methyl sites for hydroxylation is 1. The Morgan fingerprint density at radius 1 is 1.12 bits per heavy atom. The van der Waals surface area contributed by atoms with Gasteiger partial charge in [0.05, 0.1) is 24.5 Å². The van der Waals surface area contributed by atoms with Gasteiger partial charge in [0.2, 0.25) is 0 Å². The zero-order valence-electron chi connectivity index (χ0n) is 18.4. The van der Waals surface area contributed by atoms with Crippen LogP contribution < -0.4 is 10.2 Å². The van der Waals surface area contributed by atoms with Crippen molar-refractivity contribution in [2.24, 2.45) is 0 Å². The van der Waals surface area contributed by atoms with Gasteiger partial charge in [-0.25, -0.2) is 4.98 Å². The van der Waals surface area contributed by atoms with Gasteiger partial charge in [0.15, 0.2) is 5.69 Å². The van der Waals surface area contributed by atoms with E-state index in [9.17, 15) is 32.0 Å². The SMILES string of the molecule is Cc1cccc(NC(=O)c2c(N(CCCF)CCCCF)nc(C(F)(F)F)c(C#N)c2C)c1. The second-order valence-corrected chi connectivity index (χ2v) is 7.52.